The van der Waals surface area contributed by atoms with Gasteiger partial charge in [-0.1, -0.05) is 0 Å². The minimum atomic E-state index is 0.904. The van der Waals surface area contributed by atoms with Gasteiger partial charge < -0.3 is 9.47 Å². The van der Waals surface area contributed by atoms with Crippen molar-refractivity contribution in [3.63, 3.8) is 0 Å². The summed E-state index contributed by atoms with van der Waals surface area (Å²) in [6, 6.07) is 8.27. The van der Waals surface area contributed by atoms with E-state index in [0.717, 1.165) is 51.7 Å². The van der Waals surface area contributed by atoms with Gasteiger partial charge in [0.15, 0.2) is 8.68 Å². The lowest BCUT2D eigenvalue weighted by Crippen LogP contribution is -1.85. The van der Waals surface area contributed by atoms with Crippen LogP contribution in [0.25, 0.3) is 20.4 Å². The van der Waals surface area contributed by atoms with Gasteiger partial charge in [-0.05, 0) is 70.8 Å². The first-order chi connectivity index (χ1) is 12.6. The molecule has 2 heterocycles. The van der Waals surface area contributed by atoms with Gasteiger partial charge in [-0.25, -0.2) is 9.97 Å². The Hall–Kier alpha value is -1.48. The van der Waals surface area contributed by atoms with Gasteiger partial charge in [0.2, 0.25) is 0 Å². The van der Waals surface area contributed by atoms with Gasteiger partial charge in [0, 0.05) is 0 Å². The Labute approximate surface area is 167 Å². The highest BCUT2D eigenvalue weighted by Gasteiger charge is 2.12. The Morgan fingerprint density at radius 2 is 1.15 bits per heavy atom. The molecule has 4 aromatic rings. The molecule has 2 aromatic carbocycles. The van der Waals surface area contributed by atoms with Crippen molar-refractivity contribution in [2.45, 2.75) is 22.5 Å². The van der Waals surface area contributed by atoms with Crippen molar-refractivity contribution in [3.8, 4) is 11.5 Å². The number of nitrogens with zero attached hydrogens (tertiary/aromatic N) is 2. The maximum absolute atomic E-state index is 5.40. The molecule has 0 atom stereocenters. The molecule has 8 heteroatoms. The molecule has 0 aliphatic rings. The third-order valence-corrected chi connectivity index (χ3v) is 8.96. The third-order valence-electron chi connectivity index (χ3n) is 3.96. The van der Waals surface area contributed by atoms with Crippen LogP contribution in [0.1, 0.15) is 11.1 Å². The predicted molar refractivity (Wildman–Crippen MR) is 114 cm³/mol. The molecule has 0 radical (unpaired) electrons. The van der Waals surface area contributed by atoms with Crippen LogP contribution < -0.4 is 9.47 Å². The Kier molecular flexibility index (Phi) is 5.00. The van der Waals surface area contributed by atoms with E-state index in [1.165, 1.54) is 0 Å². The number of ether oxygens (including phenoxy) is 2. The summed E-state index contributed by atoms with van der Waals surface area (Å²) < 4.78 is 15.1. The van der Waals surface area contributed by atoms with E-state index >= 15 is 0 Å². The number of aryl methyl sites for hydroxylation is 2. The van der Waals surface area contributed by atoms with Crippen molar-refractivity contribution in [1.29, 1.82) is 0 Å². The first-order valence-electron chi connectivity index (χ1n) is 7.82. The fourth-order valence-corrected chi connectivity index (χ4v) is 7.17. The van der Waals surface area contributed by atoms with Gasteiger partial charge in [0.05, 0.1) is 34.7 Å². The maximum atomic E-state index is 5.40. The van der Waals surface area contributed by atoms with E-state index in [1.807, 2.05) is 13.8 Å². The summed E-state index contributed by atoms with van der Waals surface area (Å²) in [5.41, 5.74) is 4.23. The van der Waals surface area contributed by atoms with E-state index in [1.54, 1.807) is 58.5 Å². The van der Waals surface area contributed by atoms with E-state index in [4.69, 9.17) is 19.4 Å². The Balaban J connectivity index is 1.56. The van der Waals surface area contributed by atoms with Gasteiger partial charge in [0.25, 0.3) is 0 Å². The second-order valence-corrected chi connectivity index (χ2v) is 10.4. The predicted octanol–water partition coefficient (Wildman–Crippen LogP) is 6.34. The van der Waals surface area contributed by atoms with E-state index in [-0.39, 0.29) is 0 Å². The second kappa shape index (κ2) is 7.26. The van der Waals surface area contributed by atoms with E-state index in [0.29, 0.717) is 0 Å². The van der Waals surface area contributed by atoms with Crippen LogP contribution in [0, 0.1) is 13.8 Å². The highest BCUT2D eigenvalue weighted by Crippen LogP contribution is 2.44. The fraction of sp³-hybridized carbons (Fsp3) is 0.222. The normalized spacial score (nSPS) is 11.4. The third kappa shape index (κ3) is 3.38. The molecule has 26 heavy (non-hydrogen) atoms. The zero-order chi connectivity index (χ0) is 18.3. The van der Waals surface area contributed by atoms with Gasteiger partial charge in [-0.15, -0.1) is 22.7 Å². The number of methoxy groups -OCH3 is 2. The first kappa shape index (κ1) is 17.9. The Morgan fingerprint density at radius 3 is 1.54 bits per heavy atom. The monoisotopic (exact) mass is 420 g/mol. The number of benzene rings is 2. The molecular formula is C18H16N2O2S4. The first-order valence-corrected chi connectivity index (χ1v) is 11.6. The van der Waals surface area contributed by atoms with Crippen molar-refractivity contribution >= 4 is 64.7 Å². The van der Waals surface area contributed by atoms with Crippen molar-refractivity contribution in [2.24, 2.45) is 0 Å². The standard InChI is InChI=1S/C18H16N2O2S4/c1-9-5-11-15(7-13(9)21-3)23-17(19-11)25-26-18-20-12-6-10(2)14(22-4)8-16(12)24-18/h5-8H,1-4H3. The highest BCUT2D eigenvalue weighted by atomic mass is 33.1. The van der Waals surface area contributed by atoms with Gasteiger partial charge in [-0.2, -0.15) is 0 Å². The molecule has 0 amide bonds. The molecule has 0 spiro atoms. The summed E-state index contributed by atoms with van der Waals surface area (Å²) >= 11 is 3.36. The number of rotatable bonds is 5. The average molecular weight is 421 g/mol. The number of fused-ring (bicyclic) bond motifs is 2. The summed E-state index contributed by atoms with van der Waals surface area (Å²) in [6.07, 6.45) is 0. The molecule has 0 aliphatic heterocycles. The summed E-state index contributed by atoms with van der Waals surface area (Å²) in [5, 5.41) is 0. The lowest BCUT2D eigenvalue weighted by Gasteiger charge is -2.02. The molecule has 0 saturated heterocycles. The van der Waals surface area contributed by atoms with E-state index in [9.17, 15) is 0 Å². The smallest absolute Gasteiger partial charge is 0.162 e. The minimum Gasteiger partial charge on any atom is -0.496 e. The number of thiazole rings is 2. The molecule has 0 saturated carbocycles. The van der Waals surface area contributed by atoms with Crippen LogP contribution in [0.5, 0.6) is 11.5 Å². The van der Waals surface area contributed by atoms with Crippen LogP contribution in [-0.2, 0) is 0 Å². The van der Waals surface area contributed by atoms with Crippen LogP contribution in [0.3, 0.4) is 0 Å². The number of hydrogen-bond donors (Lipinski definition) is 0. The molecule has 0 aliphatic carbocycles. The second-order valence-electron chi connectivity index (χ2n) is 5.71. The zero-order valence-corrected chi connectivity index (χ0v) is 17.9. The van der Waals surface area contributed by atoms with Crippen LogP contribution in [0.2, 0.25) is 0 Å². The van der Waals surface area contributed by atoms with Crippen LogP contribution in [-0.4, -0.2) is 24.2 Å². The van der Waals surface area contributed by atoms with E-state index in [2.05, 4.69) is 24.3 Å². The Bertz CT molecular complexity index is 1020. The Morgan fingerprint density at radius 1 is 0.731 bits per heavy atom. The number of hydrogen-bond acceptors (Lipinski definition) is 8. The zero-order valence-electron chi connectivity index (χ0n) is 14.7. The van der Waals surface area contributed by atoms with Crippen LogP contribution in [0.15, 0.2) is 32.9 Å². The quantitative estimate of drug-likeness (QED) is 0.351. The minimum absolute atomic E-state index is 0.904. The molecule has 134 valence electrons. The van der Waals surface area contributed by atoms with Crippen molar-refractivity contribution < 1.29 is 9.47 Å². The molecule has 0 fully saturated rings. The summed E-state index contributed by atoms with van der Waals surface area (Å²) in [6.45, 7) is 4.08. The summed E-state index contributed by atoms with van der Waals surface area (Å²) in [5.74, 6) is 1.81. The molecule has 0 bridgehead atoms. The lowest BCUT2D eigenvalue weighted by molar-refractivity contribution is 0.412. The van der Waals surface area contributed by atoms with E-state index < -0.39 is 0 Å². The van der Waals surface area contributed by atoms with Crippen molar-refractivity contribution in [2.75, 3.05) is 14.2 Å². The molecule has 0 N–H and O–H groups in total. The van der Waals surface area contributed by atoms with Gasteiger partial charge >= 0.3 is 0 Å². The maximum Gasteiger partial charge on any atom is 0.162 e. The molecular weight excluding hydrogens is 404 g/mol. The van der Waals surface area contributed by atoms with Crippen molar-refractivity contribution in [1.82, 2.24) is 9.97 Å². The topological polar surface area (TPSA) is 44.2 Å². The molecule has 0 unspecified atom stereocenters. The molecule has 4 nitrogen and oxygen atoms in total. The fourth-order valence-electron chi connectivity index (χ4n) is 2.66. The summed E-state index contributed by atoms with van der Waals surface area (Å²) in [7, 11) is 6.69. The van der Waals surface area contributed by atoms with Gasteiger partial charge in [-0.3, -0.25) is 0 Å². The lowest BCUT2D eigenvalue weighted by atomic mass is 10.2. The molecule has 4 rings (SSSR count). The van der Waals surface area contributed by atoms with Crippen LogP contribution in [0.4, 0.5) is 0 Å². The van der Waals surface area contributed by atoms with Crippen LogP contribution >= 0.6 is 44.3 Å². The average Bonchev–Trinajstić information content (AvgIpc) is 3.20. The van der Waals surface area contributed by atoms with Gasteiger partial charge in [0.1, 0.15) is 11.5 Å². The number of aromatic nitrogens is 2. The SMILES string of the molecule is COc1cc2sc(SSc3nc4cc(C)c(OC)cc4s3)nc2cc1C. The summed E-state index contributed by atoms with van der Waals surface area (Å²) in [4.78, 5) is 9.44. The van der Waals surface area contributed by atoms with Crippen molar-refractivity contribution in [3.05, 3.63) is 35.4 Å². The largest absolute Gasteiger partial charge is 0.496 e. The molecule has 2 aromatic heterocycles. The highest BCUT2D eigenvalue weighted by molar-refractivity contribution is 8.77.